The Morgan fingerprint density at radius 1 is 0.881 bits per heavy atom. The minimum atomic E-state index is -4.17. The smallest absolute Gasteiger partial charge is 0.382 e. The molecule has 11 heteroatoms. The van der Waals surface area contributed by atoms with Gasteiger partial charge in [0.1, 0.15) is 17.9 Å². The Bertz CT molecular complexity index is 1040. The molecule has 1 fully saturated rings. The van der Waals surface area contributed by atoms with E-state index in [0.717, 1.165) is 30.5 Å². The number of nitrogens with zero attached hydrogens (tertiary/aromatic N) is 3. The number of aromatic nitrogens is 3. The van der Waals surface area contributed by atoms with E-state index in [4.69, 9.17) is 24.3 Å². The number of rotatable bonds is 25. The van der Waals surface area contributed by atoms with Crippen LogP contribution in [0.15, 0.2) is 18.5 Å². The van der Waals surface area contributed by atoms with Gasteiger partial charge in [-0.15, -0.1) is 0 Å². The van der Waals surface area contributed by atoms with Gasteiger partial charge in [0, 0.05) is 6.61 Å². The first-order chi connectivity index (χ1) is 20.5. The predicted molar refractivity (Wildman–Crippen MR) is 166 cm³/mol. The van der Waals surface area contributed by atoms with Gasteiger partial charge in [-0.2, -0.15) is 5.10 Å². The van der Waals surface area contributed by atoms with Crippen molar-refractivity contribution in [3.63, 3.8) is 0 Å². The third-order valence-corrected chi connectivity index (χ3v) is 8.98. The lowest BCUT2D eigenvalue weighted by Crippen LogP contribution is -2.15. The van der Waals surface area contributed by atoms with Crippen molar-refractivity contribution in [2.24, 2.45) is 0 Å². The minimum Gasteiger partial charge on any atom is -0.382 e. The van der Waals surface area contributed by atoms with E-state index >= 15 is 0 Å². The molecule has 240 valence electrons. The summed E-state index contributed by atoms with van der Waals surface area (Å²) in [5.41, 5.74) is 7.50. The Kier molecular flexibility index (Phi) is 17.0. The summed E-state index contributed by atoms with van der Waals surface area (Å²) in [5.74, 6) is 0.404. The second-order valence-corrected chi connectivity index (χ2v) is 13.0. The summed E-state index contributed by atoms with van der Waals surface area (Å²) in [4.78, 5) is 14.0. The number of unbranched alkanes of at least 4 members (excludes halogenated alkanes) is 15. The van der Waals surface area contributed by atoms with Gasteiger partial charge < -0.3 is 20.1 Å². The fourth-order valence-electron chi connectivity index (χ4n) is 5.54. The lowest BCUT2D eigenvalue weighted by molar-refractivity contribution is 0.00250. The molecule has 0 radical (unpaired) electrons. The molecule has 10 nitrogen and oxygen atoms in total. The van der Waals surface area contributed by atoms with E-state index in [-0.39, 0.29) is 32.0 Å². The number of phosphoric ester groups is 1. The molecule has 1 aliphatic rings. The van der Waals surface area contributed by atoms with Crippen molar-refractivity contribution in [2.75, 3.05) is 32.2 Å². The molecule has 0 aromatic carbocycles. The van der Waals surface area contributed by atoms with Crippen molar-refractivity contribution in [2.45, 2.75) is 135 Å². The normalized spacial score (nSPS) is 18.6. The molecule has 0 saturated carbocycles. The molecule has 0 aliphatic carbocycles. The Balaban J connectivity index is 1.10. The van der Waals surface area contributed by atoms with Crippen molar-refractivity contribution in [3.8, 4) is 0 Å². The van der Waals surface area contributed by atoms with Crippen molar-refractivity contribution >= 4 is 19.2 Å². The van der Waals surface area contributed by atoms with Gasteiger partial charge in [-0.1, -0.05) is 103 Å². The third kappa shape index (κ3) is 13.4. The number of phosphoric acid groups is 1. The fraction of sp³-hybridized carbons (Fsp3) is 0.806. The molecule has 42 heavy (non-hydrogen) atoms. The van der Waals surface area contributed by atoms with Crippen LogP contribution in [-0.2, 0) is 23.1 Å². The van der Waals surface area contributed by atoms with E-state index in [1.54, 1.807) is 4.52 Å². The van der Waals surface area contributed by atoms with Gasteiger partial charge in [0.25, 0.3) is 0 Å². The van der Waals surface area contributed by atoms with Gasteiger partial charge in [0.2, 0.25) is 0 Å². The number of fused-ring (bicyclic) bond motifs is 1. The highest BCUT2D eigenvalue weighted by atomic mass is 31.2. The van der Waals surface area contributed by atoms with E-state index in [0.29, 0.717) is 18.8 Å². The summed E-state index contributed by atoms with van der Waals surface area (Å²) in [6.07, 6.45) is 23.7. The molecule has 0 spiro atoms. The van der Waals surface area contributed by atoms with E-state index in [9.17, 15) is 9.46 Å². The molecule has 1 aliphatic heterocycles. The van der Waals surface area contributed by atoms with E-state index in [2.05, 4.69) is 17.0 Å². The summed E-state index contributed by atoms with van der Waals surface area (Å²) in [6, 6.07) is 3.77. The van der Waals surface area contributed by atoms with Crippen LogP contribution in [0.5, 0.6) is 0 Å². The van der Waals surface area contributed by atoms with Crippen LogP contribution in [0.4, 0.5) is 5.82 Å². The Morgan fingerprint density at radius 3 is 2.14 bits per heavy atom. The van der Waals surface area contributed by atoms with E-state index in [1.165, 1.54) is 96.2 Å². The van der Waals surface area contributed by atoms with Gasteiger partial charge >= 0.3 is 7.82 Å². The van der Waals surface area contributed by atoms with Gasteiger partial charge in [-0.05, 0) is 31.4 Å². The average molecular weight is 611 g/mol. The van der Waals surface area contributed by atoms with E-state index in [1.807, 2.05) is 12.1 Å². The summed E-state index contributed by atoms with van der Waals surface area (Å²) in [7, 11) is -4.17. The molecule has 0 bridgehead atoms. The Morgan fingerprint density at radius 2 is 1.50 bits per heavy atom. The summed E-state index contributed by atoms with van der Waals surface area (Å²) in [5, 5.41) is 4.25. The second kappa shape index (κ2) is 20.4. The molecular weight excluding hydrogens is 555 g/mol. The average Bonchev–Trinajstić information content (AvgIpc) is 3.63. The molecule has 0 amide bonds. The van der Waals surface area contributed by atoms with Gasteiger partial charge in [0.15, 0.2) is 5.82 Å². The molecule has 3 heterocycles. The topological polar surface area (TPSA) is 130 Å². The molecule has 3 rings (SSSR count). The van der Waals surface area contributed by atoms with Gasteiger partial charge in [-0.25, -0.2) is 14.1 Å². The number of hydrogen-bond acceptors (Lipinski definition) is 8. The highest BCUT2D eigenvalue weighted by Gasteiger charge is 2.31. The highest BCUT2D eigenvalue weighted by molar-refractivity contribution is 7.47. The largest absolute Gasteiger partial charge is 0.472 e. The molecular formula is C31H55N4O6P. The maximum absolute atomic E-state index is 12.3. The first-order valence-electron chi connectivity index (χ1n) is 16.4. The number of nitrogen functional groups attached to an aromatic ring is 1. The molecule has 1 saturated heterocycles. The van der Waals surface area contributed by atoms with Crippen molar-refractivity contribution in [3.05, 3.63) is 24.2 Å². The number of ether oxygens (including phenoxy) is 2. The van der Waals surface area contributed by atoms with Crippen molar-refractivity contribution in [1.29, 1.82) is 0 Å². The Labute approximate surface area is 252 Å². The third-order valence-electron chi connectivity index (χ3n) is 8.00. The zero-order chi connectivity index (χ0) is 29.9. The SMILES string of the molecule is CCCCCCCCCCCCCCCCCCOCCOP(=O)(O)OCC1CCC(c2ccc3c(N)ncnn23)O1. The van der Waals surface area contributed by atoms with Crippen LogP contribution in [0.25, 0.3) is 5.52 Å². The first-order valence-corrected chi connectivity index (χ1v) is 17.9. The molecule has 2 aromatic heterocycles. The van der Waals surface area contributed by atoms with Crippen LogP contribution in [0, 0.1) is 0 Å². The summed E-state index contributed by atoms with van der Waals surface area (Å²) in [6.45, 7) is 3.17. The Hall–Kier alpha value is -1.55. The van der Waals surface area contributed by atoms with Crippen molar-refractivity contribution in [1.82, 2.24) is 14.6 Å². The number of hydrogen-bond donors (Lipinski definition) is 2. The summed E-state index contributed by atoms with van der Waals surface area (Å²) >= 11 is 0. The second-order valence-electron chi connectivity index (χ2n) is 11.5. The maximum atomic E-state index is 12.3. The highest BCUT2D eigenvalue weighted by Crippen LogP contribution is 2.44. The van der Waals surface area contributed by atoms with Crippen LogP contribution in [0.2, 0.25) is 0 Å². The van der Waals surface area contributed by atoms with Crippen LogP contribution < -0.4 is 5.73 Å². The van der Waals surface area contributed by atoms with Crippen molar-refractivity contribution < 1.29 is 28.0 Å². The predicted octanol–water partition coefficient (Wildman–Crippen LogP) is 7.94. The molecule has 2 aromatic rings. The summed E-state index contributed by atoms with van der Waals surface area (Å²) < 4.78 is 35.8. The van der Waals surface area contributed by atoms with E-state index < -0.39 is 7.82 Å². The maximum Gasteiger partial charge on any atom is 0.472 e. The van der Waals surface area contributed by atoms with Gasteiger partial charge in [0.05, 0.1) is 31.6 Å². The van der Waals surface area contributed by atoms with Crippen LogP contribution in [0.3, 0.4) is 0 Å². The minimum absolute atomic E-state index is 0.0120. The zero-order valence-electron chi connectivity index (χ0n) is 25.8. The van der Waals surface area contributed by atoms with Crippen LogP contribution in [-0.4, -0.2) is 52.0 Å². The zero-order valence-corrected chi connectivity index (χ0v) is 26.7. The number of anilines is 1. The standard InChI is InChI=1S/C31H55N4O6P/c1-2-3-4-5-6-7-8-9-10-11-12-13-14-15-16-17-22-38-23-24-39-42(36,37)40-25-27-18-21-30(41-27)28-19-20-29-31(32)33-26-34-35(28)29/h19-20,26-27,30H,2-18,21-25H2,1H3,(H,36,37)(H2,32,33,34). The quantitative estimate of drug-likeness (QED) is 0.0849. The fourth-order valence-corrected chi connectivity index (χ4v) is 6.28. The van der Waals surface area contributed by atoms with Gasteiger partial charge in [-0.3, -0.25) is 9.05 Å². The lowest BCUT2D eigenvalue weighted by atomic mass is 10.0. The monoisotopic (exact) mass is 610 g/mol. The molecule has 3 atom stereocenters. The molecule has 3 N–H and O–H groups in total. The first kappa shape index (κ1) is 34.9. The lowest BCUT2D eigenvalue weighted by Gasteiger charge is -2.16. The van der Waals surface area contributed by atoms with Crippen LogP contribution >= 0.6 is 7.82 Å². The number of nitrogens with two attached hydrogens (primary N) is 1. The molecule has 3 unspecified atom stereocenters. The van der Waals surface area contributed by atoms with Crippen LogP contribution in [0.1, 0.15) is 134 Å².